The second-order valence-electron chi connectivity index (χ2n) is 5.55. The van der Waals surface area contributed by atoms with Crippen molar-refractivity contribution in [1.82, 2.24) is 15.2 Å². The van der Waals surface area contributed by atoms with E-state index in [1.165, 1.54) is 12.8 Å². The molecule has 2 fully saturated rings. The van der Waals surface area contributed by atoms with E-state index in [1.807, 2.05) is 23.2 Å². The molecule has 0 bridgehead atoms. The molecule has 20 heavy (non-hydrogen) atoms. The van der Waals surface area contributed by atoms with E-state index >= 15 is 0 Å². The highest BCUT2D eigenvalue weighted by Crippen LogP contribution is 2.29. The molecule has 1 aliphatic carbocycles. The van der Waals surface area contributed by atoms with E-state index in [4.69, 9.17) is 4.74 Å². The Kier molecular flexibility index (Phi) is 4.28. The van der Waals surface area contributed by atoms with Crippen LogP contribution in [0.5, 0.6) is 0 Å². The minimum atomic E-state index is 0.0643. The van der Waals surface area contributed by atoms with Gasteiger partial charge in [-0.1, -0.05) is 6.07 Å². The quantitative estimate of drug-likeness (QED) is 0.870. The van der Waals surface area contributed by atoms with Crippen LogP contribution in [0.25, 0.3) is 0 Å². The minimum Gasteiger partial charge on any atom is -0.371 e. The van der Waals surface area contributed by atoms with Crippen molar-refractivity contribution in [2.45, 2.75) is 18.9 Å². The first-order valence-electron chi connectivity index (χ1n) is 7.32. The van der Waals surface area contributed by atoms with Gasteiger partial charge in [-0.3, -0.25) is 9.78 Å². The average Bonchev–Trinajstić information content (AvgIpc) is 3.32. The maximum absolute atomic E-state index is 12.3. The molecular formula is C15H21N3O2. The summed E-state index contributed by atoms with van der Waals surface area (Å²) in [6.45, 7) is 3.28. The fourth-order valence-corrected chi connectivity index (χ4v) is 2.55. The first-order valence-corrected chi connectivity index (χ1v) is 7.32. The summed E-state index contributed by atoms with van der Waals surface area (Å²) in [7, 11) is 0. The van der Waals surface area contributed by atoms with Crippen LogP contribution >= 0.6 is 0 Å². The van der Waals surface area contributed by atoms with Gasteiger partial charge in [-0.25, -0.2) is 0 Å². The van der Waals surface area contributed by atoms with Gasteiger partial charge in [0.1, 0.15) is 6.61 Å². The van der Waals surface area contributed by atoms with Crippen molar-refractivity contribution in [1.29, 1.82) is 0 Å². The Balaban J connectivity index is 1.60. The van der Waals surface area contributed by atoms with Crippen molar-refractivity contribution < 1.29 is 9.53 Å². The Bertz CT molecular complexity index is 448. The molecule has 1 aromatic heterocycles. The largest absolute Gasteiger partial charge is 0.371 e. The van der Waals surface area contributed by atoms with Gasteiger partial charge in [-0.15, -0.1) is 0 Å². The van der Waals surface area contributed by atoms with Crippen molar-refractivity contribution in [2.24, 2.45) is 5.92 Å². The summed E-state index contributed by atoms with van der Waals surface area (Å²) >= 11 is 0. The van der Waals surface area contributed by atoms with Gasteiger partial charge in [0, 0.05) is 32.0 Å². The van der Waals surface area contributed by atoms with Crippen molar-refractivity contribution in [3.8, 4) is 0 Å². The SMILES string of the molecule is O=C(COCC1CC1)N1CCNCC1c1cccnc1. The Morgan fingerprint density at radius 3 is 3.15 bits per heavy atom. The van der Waals surface area contributed by atoms with E-state index in [0.717, 1.165) is 31.8 Å². The topological polar surface area (TPSA) is 54.5 Å². The molecular weight excluding hydrogens is 254 g/mol. The number of hydrogen-bond donors (Lipinski definition) is 1. The number of ether oxygens (including phenoxy) is 1. The lowest BCUT2D eigenvalue weighted by atomic mass is 10.1. The summed E-state index contributed by atoms with van der Waals surface area (Å²) in [6.07, 6.45) is 6.09. The van der Waals surface area contributed by atoms with Gasteiger partial charge >= 0.3 is 0 Å². The fourth-order valence-electron chi connectivity index (χ4n) is 2.55. The lowest BCUT2D eigenvalue weighted by Gasteiger charge is -2.36. The monoisotopic (exact) mass is 275 g/mol. The van der Waals surface area contributed by atoms with Gasteiger partial charge in [0.05, 0.1) is 12.6 Å². The lowest BCUT2D eigenvalue weighted by Crippen LogP contribution is -2.49. The molecule has 1 N–H and O–H groups in total. The summed E-state index contributed by atoms with van der Waals surface area (Å²) in [4.78, 5) is 18.4. The second kappa shape index (κ2) is 6.33. The van der Waals surface area contributed by atoms with Crippen LogP contribution in [0.2, 0.25) is 0 Å². The van der Waals surface area contributed by atoms with Crippen LogP contribution < -0.4 is 5.32 Å². The normalized spacial score (nSPS) is 22.8. The first kappa shape index (κ1) is 13.5. The number of aromatic nitrogens is 1. The molecule has 5 heteroatoms. The summed E-state index contributed by atoms with van der Waals surface area (Å²) in [6, 6.07) is 4.00. The molecule has 2 heterocycles. The number of nitrogens with one attached hydrogen (secondary N) is 1. The Morgan fingerprint density at radius 2 is 2.40 bits per heavy atom. The van der Waals surface area contributed by atoms with Gasteiger partial charge in [-0.05, 0) is 30.4 Å². The average molecular weight is 275 g/mol. The van der Waals surface area contributed by atoms with Crippen LogP contribution in [0.15, 0.2) is 24.5 Å². The maximum Gasteiger partial charge on any atom is 0.249 e. The van der Waals surface area contributed by atoms with Crippen molar-refractivity contribution in [2.75, 3.05) is 32.8 Å². The van der Waals surface area contributed by atoms with Crippen LogP contribution in [0, 0.1) is 5.92 Å². The van der Waals surface area contributed by atoms with E-state index in [1.54, 1.807) is 6.20 Å². The number of nitrogens with zero attached hydrogens (tertiary/aromatic N) is 2. The third kappa shape index (κ3) is 3.35. The number of amides is 1. The smallest absolute Gasteiger partial charge is 0.249 e. The standard InChI is InChI=1S/C15H21N3O2/c19-15(11-20-10-12-3-4-12)18-7-6-17-9-14(18)13-2-1-5-16-8-13/h1-2,5,8,12,14,17H,3-4,6-7,9-11H2. The van der Waals surface area contributed by atoms with E-state index in [2.05, 4.69) is 10.3 Å². The predicted molar refractivity (Wildman–Crippen MR) is 75.1 cm³/mol. The molecule has 1 aromatic rings. The molecule has 1 amide bonds. The number of hydrogen-bond acceptors (Lipinski definition) is 4. The number of piperazine rings is 1. The zero-order valence-electron chi connectivity index (χ0n) is 11.6. The lowest BCUT2D eigenvalue weighted by molar-refractivity contribution is -0.139. The van der Waals surface area contributed by atoms with Crippen molar-refractivity contribution in [3.05, 3.63) is 30.1 Å². The number of pyridine rings is 1. The Hall–Kier alpha value is -1.46. The molecule has 1 unspecified atom stereocenters. The summed E-state index contributed by atoms with van der Waals surface area (Å²) in [5, 5.41) is 3.34. The minimum absolute atomic E-state index is 0.0643. The molecule has 1 aliphatic heterocycles. The molecule has 0 aromatic carbocycles. The maximum atomic E-state index is 12.3. The summed E-state index contributed by atoms with van der Waals surface area (Å²) in [5.74, 6) is 0.779. The highest BCUT2D eigenvalue weighted by atomic mass is 16.5. The van der Waals surface area contributed by atoms with E-state index in [0.29, 0.717) is 5.92 Å². The third-order valence-electron chi connectivity index (χ3n) is 3.91. The molecule has 3 rings (SSSR count). The van der Waals surface area contributed by atoms with Crippen LogP contribution in [0.4, 0.5) is 0 Å². The summed E-state index contributed by atoms with van der Waals surface area (Å²) in [5.41, 5.74) is 1.08. The van der Waals surface area contributed by atoms with E-state index in [-0.39, 0.29) is 18.6 Å². The fraction of sp³-hybridized carbons (Fsp3) is 0.600. The molecule has 1 saturated heterocycles. The summed E-state index contributed by atoms with van der Waals surface area (Å²) < 4.78 is 5.53. The molecule has 0 radical (unpaired) electrons. The van der Waals surface area contributed by atoms with Crippen LogP contribution in [-0.4, -0.2) is 48.6 Å². The molecule has 1 saturated carbocycles. The van der Waals surface area contributed by atoms with Gasteiger partial charge in [0.15, 0.2) is 0 Å². The van der Waals surface area contributed by atoms with Gasteiger partial charge < -0.3 is 15.0 Å². The van der Waals surface area contributed by atoms with Gasteiger partial charge in [0.25, 0.3) is 0 Å². The highest BCUT2D eigenvalue weighted by molar-refractivity contribution is 5.78. The van der Waals surface area contributed by atoms with Crippen molar-refractivity contribution in [3.63, 3.8) is 0 Å². The number of carbonyl (C=O) groups excluding carboxylic acids is 1. The molecule has 2 aliphatic rings. The van der Waals surface area contributed by atoms with Crippen molar-refractivity contribution >= 4 is 5.91 Å². The van der Waals surface area contributed by atoms with E-state index in [9.17, 15) is 4.79 Å². The Labute approximate surface area is 119 Å². The first-order chi connectivity index (χ1) is 9.84. The van der Waals surface area contributed by atoms with Gasteiger partial charge in [-0.2, -0.15) is 0 Å². The molecule has 1 atom stereocenters. The predicted octanol–water partition coefficient (Wildman–Crippen LogP) is 0.981. The zero-order valence-corrected chi connectivity index (χ0v) is 11.6. The van der Waals surface area contributed by atoms with Crippen LogP contribution in [0.3, 0.4) is 0 Å². The molecule has 0 spiro atoms. The second-order valence-corrected chi connectivity index (χ2v) is 5.55. The highest BCUT2D eigenvalue weighted by Gasteiger charge is 2.28. The molecule has 108 valence electrons. The molecule has 5 nitrogen and oxygen atoms in total. The number of rotatable bonds is 5. The number of carbonyl (C=O) groups is 1. The van der Waals surface area contributed by atoms with Crippen LogP contribution in [0.1, 0.15) is 24.4 Å². The third-order valence-corrected chi connectivity index (χ3v) is 3.91. The zero-order chi connectivity index (χ0) is 13.8. The van der Waals surface area contributed by atoms with Crippen LogP contribution in [-0.2, 0) is 9.53 Å². The Morgan fingerprint density at radius 1 is 1.50 bits per heavy atom. The van der Waals surface area contributed by atoms with E-state index < -0.39 is 0 Å². The van der Waals surface area contributed by atoms with Gasteiger partial charge in [0.2, 0.25) is 5.91 Å².